The van der Waals surface area contributed by atoms with Crippen LogP contribution in [0.25, 0.3) is 0 Å². The Balaban J connectivity index is 1.52. The molecule has 0 unspecified atom stereocenters. The number of ketones is 1. The summed E-state index contributed by atoms with van der Waals surface area (Å²) >= 11 is 0. The molecule has 0 spiro atoms. The minimum Gasteiger partial charge on any atom is -0.871 e. The number of hydrogen-bond donors (Lipinski definition) is 0. The summed E-state index contributed by atoms with van der Waals surface area (Å²) in [4.78, 5) is 15.8. The van der Waals surface area contributed by atoms with Crippen LogP contribution in [0.15, 0.2) is 83.3 Å². The number of quaternary nitrogens is 1. The van der Waals surface area contributed by atoms with Crippen LogP contribution in [0.4, 0.5) is 11.4 Å². The summed E-state index contributed by atoms with van der Waals surface area (Å²) in [7, 11) is 8.61. The third-order valence-electron chi connectivity index (χ3n) is 8.49. The number of carbonyl (C=O) groups is 1. The first kappa shape index (κ1) is 26.2. The van der Waals surface area contributed by atoms with Crippen LogP contribution in [0.1, 0.15) is 45.2 Å². The number of nitrogens with zero attached hydrogens (tertiary/aromatic N) is 3. The molecule has 5 heteroatoms. The second kappa shape index (κ2) is 8.81. The van der Waals surface area contributed by atoms with Gasteiger partial charge in [-0.15, -0.1) is 0 Å². The average molecular weight is 511 g/mol. The summed E-state index contributed by atoms with van der Waals surface area (Å²) in [6, 6.07) is 16.7. The van der Waals surface area contributed by atoms with Gasteiger partial charge >= 0.3 is 0 Å². The van der Waals surface area contributed by atoms with Gasteiger partial charge < -0.3 is 14.5 Å². The number of para-hydroxylation sites is 2. The van der Waals surface area contributed by atoms with Gasteiger partial charge in [0, 0.05) is 58.6 Å². The number of carbonyl (C=O) groups excluding carboxylic acids is 1. The first-order valence-corrected chi connectivity index (χ1v) is 13.5. The molecule has 0 amide bonds. The molecular formula is C33H40N3O2+. The van der Waals surface area contributed by atoms with Gasteiger partial charge in [0.25, 0.3) is 0 Å². The van der Waals surface area contributed by atoms with Crippen molar-refractivity contribution in [3.8, 4) is 0 Å². The predicted molar refractivity (Wildman–Crippen MR) is 153 cm³/mol. The predicted octanol–water partition coefficient (Wildman–Crippen LogP) is 4.59. The first-order valence-electron chi connectivity index (χ1n) is 13.5. The number of rotatable bonds is 6. The highest BCUT2D eigenvalue weighted by Gasteiger charge is 2.45. The van der Waals surface area contributed by atoms with E-state index in [1.54, 1.807) is 0 Å². The zero-order valence-electron chi connectivity index (χ0n) is 24.1. The molecule has 0 fully saturated rings. The molecule has 2 aromatic carbocycles. The number of benzene rings is 2. The van der Waals surface area contributed by atoms with Gasteiger partial charge in [0.05, 0.1) is 33.1 Å². The van der Waals surface area contributed by atoms with Crippen molar-refractivity contribution in [2.45, 2.75) is 44.9 Å². The van der Waals surface area contributed by atoms with Gasteiger partial charge in [0.15, 0.2) is 11.5 Å². The molecule has 3 aliphatic rings. The number of anilines is 1. The van der Waals surface area contributed by atoms with E-state index in [-0.39, 0.29) is 27.9 Å². The van der Waals surface area contributed by atoms with Gasteiger partial charge in [0.1, 0.15) is 7.05 Å². The van der Waals surface area contributed by atoms with Gasteiger partial charge in [-0.2, -0.15) is 4.58 Å². The van der Waals surface area contributed by atoms with E-state index in [2.05, 4.69) is 94.7 Å². The molecule has 0 N–H and O–H groups in total. The molecule has 2 heterocycles. The van der Waals surface area contributed by atoms with E-state index in [0.717, 1.165) is 41.1 Å². The molecule has 0 saturated carbocycles. The summed E-state index contributed by atoms with van der Waals surface area (Å²) in [5.74, 6) is -0.318. The minimum atomic E-state index is -0.301. The largest absolute Gasteiger partial charge is 0.871 e. The zero-order chi connectivity index (χ0) is 27.6. The van der Waals surface area contributed by atoms with Crippen molar-refractivity contribution in [3.63, 3.8) is 0 Å². The topological polar surface area (TPSA) is 46.4 Å². The van der Waals surface area contributed by atoms with Crippen molar-refractivity contribution in [2.24, 2.45) is 0 Å². The molecule has 5 nitrogen and oxygen atoms in total. The highest BCUT2D eigenvalue weighted by Crippen LogP contribution is 2.49. The summed E-state index contributed by atoms with van der Waals surface area (Å²) < 4.78 is 3.00. The molecule has 38 heavy (non-hydrogen) atoms. The molecule has 2 aromatic rings. The van der Waals surface area contributed by atoms with Crippen LogP contribution in [-0.2, 0) is 15.6 Å². The Morgan fingerprint density at radius 2 is 1.55 bits per heavy atom. The Morgan fingerprint density at radius 1 is 0.921 bits per heavy atom. The normalized spacial score (nSPS) is 21.9. The van der Waals surface area contributed by atoms with E-state index in [1.165, 1.54) is 16.8 Å². The Hall–Kier alpha value is -3.44. The number of Topliss-reactive ketones (excluding diaryl/α,β-unsaturated/α-hetero) is 1. The molecule has 2 aliphatic heterocycles. The lowest BCUT2D eigenvalue weighted by molar-refractivity contribution is -0.870. The average Bonchev–Trinajstić information content (AvgIpc) is 3.19. The molecule has 0 atom stereocenters. The summed E-state index contributed by atoms with van der Waals surface area (Å²) in [5.41, 5.74) is 6.70. The Kier molecular flexibility index (Phi) is 6.07. The SMILES string of the molecule is C[N+]1=C(C=C2C(=O)C(/C=C3\N(CCC[N+](C)(C)C)c4ccccc4C3(C)C)=C2[O-])C(C)(C)c2ccccc21. The lowest BCUT2D eigenvalue weighted by atomic mass is 9.77. The van der Waals surface area contributed by atoms with Crippen LogP contribution in [0, 0.1) is 0 Å². The number of hydrogen-bond acceptors (Lipinski definition) is 3. The van der Waals surface area contributed by atoms with Crippen LogP contribution in [0.2, 0.25) is 0 Å². The smallest absolute Gasteiger partial charge is 0.209 e. The van der Waals surface area contributed by atoms with E-state index in [9.17, 15) is 9.90 Å². The zero-order valence-corrected chi connectivity index (χ0v) is 24.1. The molecule has 1 aliphatic carbocycles. The second-order valence-corrected chi connectivity index (χ2v) is 12.9. The quantitative estimate of drug-likeness (QED) is 0.324. The molecule has 5 rings (SSSR count). The van der Waals surface area contributed by atoms with Crippen molar-refractivity contribution in [1.82, 2.24) is 0 Å². The van der Waals surface area contributed by atoms with Crippen molar-refractivity contribution in [1.29, 1.82) is 0 Å². The first-order chi connectivity index (χ1) is 17.7. The number of allylic oxidation sites excluding steroid dienone is 5. The standard InChI is InChI=1S/C33H40N3O2/c1-32(2)24-14-9-11-16-26(24)34(5)28(32)20-22-30(37)23(31(22)38)21-29-33(3,4)25-15-10-12-17-27(25)35(29)18-13-19-36(6,7)8/h9-12,14-17,20-21H,13,18-19H2,1-8H3/q+1. The van der Waals surface area contributed by atoms with Crippen molar-refractivity contribution in [2.75, 3.05) is 46.2 Å². The van der Waals surface area contributed by atoms with Crippen LogP contribution >= 0.6 is 0 Å². The second-order valence-electron chi connectivity index (χ2n) is 12.9. The maximum absolute atomic E-state index is 13.5. The summed E-state index contributed by atoms with van der Waals surface area (Å²) in [6.07, 6.45) is 4.70. The minimum absolute atomic E-state index is 0.159. The van der Waals surface area contributed by atoms with Gasteiger partial charge in [-0.25, -0.2) is 0 Å². The third kappa shape index (κ3) is 4.04. The number of fused-ring (bicyclic) bond motifs is 2. The van der Waals surface area contributed by atoms with Crippen LogP contribution in [0.3, 0.4) is 0 Å². The fraction of sp³-hybridized carbons (Fsp3) is 0.394. The summed E-state index contributed by atoms with van der Waals surface area (Å²) in [6.45, 7) is 10.5. The van der Waals surface area contributed by atoms with Gasteiger partial charge in [-0.05, 0) is 31.6 Å². The maximum atomic E-state index is 13.5. The van der Waals surface area contributed by atoms with Crippen LogP contribution in [-0.4, -0.2) is 61.8 Å². The van der Waals surface area contributed by atoms with E-state index in [4.69, 9.17) is 0 Å². The Labute approximate surface area is 227 Å². The van der Waals surface area contributed by atoms with Gasteiger partial charge in [0.2, 0.25) is 5.69 Å². The molecule has 198 valence electrons. The van der Waals surface area contributed by atoms with E-state index < -0.39 is 0 Å². The van der Waals surface area contributed by atoms with Crippen molar-refractivity contribution < 1.29 is 19.0 Å². The highest BCUT2D eigenvalue weighted by atomic mass is 16.3. The lowest BCUT2D eigenvalue weighted by Gasteiger charge is -2.33. The monoisotopic (exact) mass is 510 g/mol. The molecule has 0 bridgehead atoms. The van der Waals surface area contributed by atoms with E-state index >= 15 is 0 Å². The van der Waals surface area contributed by atoms with Gasteiger partial charge in [-0.1, -0.05) is 56.0 Å². The fourth-order valence-electron chi connectivity index (χ4n) is 6.27. The van der Waals surface area contributed by atoms with Crippen LogP contribution < -0.4 is 10.0 Å². The van der Waals surface area contributed by atoms with Gasteiger partial charge in [-0.3, -0.25) is 4.79 Å². The lowest BCUT2D eigenvalue weighted by Crippen LogP contribution is -2.38. The van der Waals surface area contributed by atoms with Crippen LogP contribution in [0.5, 0.6) is 0 Å². The van der Waals surface area contributed by atoms with E-state index in [0.29, 0.717) is 5.57 Å². The molecule has 0 radical (unpaired) electrons. The fourth-order valence-corrected chi connectivity index (χ4v) is 6.27. The maximum Gasteiger partial charge on any atom is 0.209 e. The Bertz CT molecular complexity index is 1460. The summed E-state index contributed by atoms with van der Waals surface area (Å²) in [5, 5.41) is 13.5. The molecule has 0 saturated heterocycles. The Morgan fingerprint density at radius 3 is 2.18 bits per heavy atom. The van der Waals surface area contributed by atoms with Crippen molar-refractivity contribution >= 4 is 22.9 Å². The molecular weight excluding hydrogens is 470 g/mol. The van der Waals surface area contributed by atoms with Crippen molar-refractivity contribution in [3.05, 3.63) is 94.4 Å². The highest BCUT2D eigenvalue weighted by molar-refractivity contribution is 6.24. The third-order valence-corrected chi connectivity index (χ3v) is 8.49. The van der Waals surface area contributed by atoms with E-state index in [1.807, 2.05) is 31.3 Å². The molecule has 0 aromatic heterocycles.